The van der Waals surface area contributed by atoms with E-state index in [1.807, 2.05) is 45.0 Å². The molecular formula is C27H36F3N3O4S. The maximum Gasteiger partial charge on any atom is 0.416 e. The molecule has 0 heterocycles. The zero-order valence-corrected chi connectivity index (χ0v) is 23.2. The molecule has 0 saturated carbocycles. The molecule has 2 amide bonds. The molecular weight excluding hydrogens is 519 g/mol. The second-order valence-electron chi connectivity index (χ2n) is 9.81. The summed E-state index contributed by atoms with van der Waals surface area (Å²) in [5.41, 5.74) is 0.735. The number of nitrogens with zero attached hydrogens (tertiary/aromatic N) is 2. The fraction of sp³-hybridized carbons (Fsp3) is 0.481. The normalized spacial score (nSPS) is 12.8. The van der Waals surface area contributed by atoms with E-state index in [4.69, 9.17) is 0 Å². The van der Waals surface area contributed by atoms with Crippen molar-refractivity contribution < 1.29 is 31.2 Å². The molecule has 2 aromatic carbocycles. The lowest BCUT2D eigenvalue weighted by atomic mass is 10.1. The topological polar surface area (TPSA) is 86.8 Å². The fourth-order valence-electron chi connectivity index (χ4n) is 3.88. The molecule has 0 aliphatic heterocycles. The highest BCUT2D eigenvalue weighted by Crippen LogP contribution is 2.32. The molecule has 0 spiro atoms. The molecule has 0 unspecified atom stereocenters. The van der Waals surface area contributed by atoms with Crippen LogP contribution in [0.3, 0.4) is 0 Å². The Kier molecular flexibility index (Phi) is 10.8. The Morgan fingerprint density at radius 1 is 1.03 bits per heavy atom. The smallest absolute Gasteiger partial charge is 0.354 e. The first-order chi connectivity index (χ1) is 17.6. The van der Waals surface area contributed by atoms with Gasteiger partial charge in [0.05, 0.1) is 17.5 Å². The number of hydrogen-bond acceptors (Lipinski definition) is 4. The molecule has 1 atom stereocenters. The Morgan fingerprint density at radius 2 is 1.68 bits per heavy atom. The Bertz CT molecular complexity index is 1220. The highest BCUT2D eigenvalue weighted by atomic mass is 32.2. The Balaban J connectivity index is 2.21. The minimum atomic E-state index is -4.63. The summed E-state index contributed by atoms with van der Waals surface area (Å²) in [6.07, 6.45) is -3.77. The number of anilines is 1. The summed E-state index contributed by atoms with van der Waals surface area (Å²) in [6, 6.07) is 10.8. The minimum Gasteiger partial charge on any atom is -0.354 e. The van der Waals surface area contributed by atoms with E-state index >= 15 is 0 Å². The van der Waals surface area contributed by atoms with E-state index in [2.05, 4.69) is 5.32 Å². The second-order valence-corrected chi connectivity index (χ2v) is 11.7. The number of aryl methyl sites for hydroxylation is 1. The highest BCUT2D eigenvalue weighted by molar-refractivity contribution is 7.92. The summed E-state index contributed by atoms with van der Waals surface area (Å²) in [7, 11) is -3.92. The first kappa shape index (κ1) is 31.1. The van der Waals surface area contributed by atoms with Crippen LogP contribution in [-0.4, -0.2) is 50.5 Å². The highest BCUT2D eigenvalue weighted by Gasteiger charge is 2.32. The van der Waals surface area contributed by atoms with Gasteiger partial charge in [-0.15, -0.1) is 0 Å². The largest absolute Gasteiger partial charge is 0.416 e. The average molecular weight is 556 g/mol. The van der Waals surface area contributed by atoms with Crippen molar-refractivity contribution >= 4 is 27.5 Å². The number of halogens is 3. The van der Waals surface area contributed by atoms with Crippen LogP contribution in [0, 0.1) is 12.8 Å². The van der Waals surface area contributed by atoms with E-state index in [1.165, 1.54) is 11.0 Å². The number of alkyl halides is 3. The van der Waals surface area contributed by atoms with Gasteiger partial charge in [0.15, 0.2) is 0 Å². The second kappa shape index (κ2) is 13.1. The van der Waals surface area contributed by atoms with Gasteiger partial charge in [0.25, 0.3) is 0 Å². The SMILES string of the molecule is Cc1cccc(CN(C(=O)CCCN(c2cccc(C(F)(F)F)c2)S(C)(=O)=O)[C@@H](C)C(=O)NCC(C)C)c1. The Labute approximate surface area is 223 Å². The van der Waals surface area contributed by atoms with Crippen LogP contribution in [0.15, 0.2) is 48.5 Å². The molecule has 0 radical (unpaired) electrons. The van der Waals surface area contributed by atoms with Gasteiger partial charge in [0, 0.05) is 26.1 Å². The van der Waals surface area contributed by atoms with Gasteiger partial charge in [-0.05, 0) is 49.9 Å². The van der Waals surface area contributed by atoms with E-state index in [1.54, 1.807) is 6.92 Å². The van der Waals surface area contributed by atoms with Crippen molar-refractivity contribution in [3.8, 4) is 0 Å². The van der Waals surface area contributed by atoms with E-state index < -0.39 is 27.8 Å². The van der Waals surface area contributed by atoms with Gasteiger partial charge < -0.3 is 10.2 Å². The molecule has 0 saturated heterocycles. The monoisotopic (exact) mass is 555 g/mol. The van der Waals surface area contributed by atoms with Crippen molar-refractivity contribution in [2.75, 3.05) is 23.7 Å². The van der Waals surface area contributed by atoms with Crippen molar-refractivity contribution in [2.24, 2.45) is 5.92 Å². The zero-order valence-electron chi connectivity index (χ0n) is 22.4. The molecule has 11 heteroatoms. The zero-order chi connectivity index (χ0) is 28.7. The molecule has 0 aliphatic rings. The van der Waals surface area contributed by atoms with Gasteiger partial charge in [-0.3, -0.25) is 13.9 Å². The van der Waals surface area contributed by atoms with Gasteiger partial charge >= 0.3 is 6.18 Å². The number of carbonyl (C=O) groups excluding carboxylic acids is 2. The average Bonchev–Trinajstić information content (AvgIpc) is 2.82. The third-order valence-electron chi connectivity index (χ3n) is 5.90. The third-order valence-corrected chi connectivity index (χ3v) is 7.09. The van der Waals surface area contributed by atoms with E-state index in [0.29, 0.717) is 6.54 Å². The first-order valence-electron chi connectivity index (χ1n) is 12.4. The van der Waals surface area contributed by atoms with Crippen LogP contribution in [0.1, 0.15) is 50.3 Å². The van der Waals surface area contributed by atoms with Crippen molar-refractivity contribution in [1.82, 2.24) is 10.2 Å². The van der Waals surface area contributed by atoms with Gasteiger partial charge in [-0.25, -0.2) is 8.42 Å². The predicted molar refractivity (Wildman–Crippen MR) is 142 cm³/mol. The minimum absolute atomic E-state index is 0.0484. The molecule has 1 N–H and O–H groups in total. The number of sulfonamides is 1. The molecule has 0 fully saturated rings. The lowest BCUT2D eigenvalue weighted by Crippen LogP contribution is -2.48. The molecule has 2 aromatic rings. The van der Waals surface area contributed by atoms with Crippen LogP contribution < -0.4 is 9.62 Å². The number of nitrogens with one attached hydrogen (secondary N) is 1. The maximum atomic E-state index is 13.3. The number of benzene rings is 2. The quantitative estimate of drug-likeness (QED) is 0.410. The van der Waals surface area contributed by atoms with Gasteiger partial charge in [0.1, 0.15) is 6.04 Å². The number of hydrogen-bond donors (Lipinski definition) is 1. The summed E-state index contributed by atoms with van der Waals surface area (Å²) in [5, 5.41) is 2.84. The number of amides is 2. The summed E-state index contributed by atoms with van der Waals surface area (Å²) in [6.45, 7) is 7.90. The molecule has 0 bridgehead atoms. The van der Waals surface area contributed by atoms with Crippen LogP contribution in [-0.2, 0) is 32.3 Å². The van der Waals surface area contributed by atoms with Crippen molar-refractivity contribution in [3.63, 3.8) is 0 Å². The van der Waals surface area contributed by atoms with E-state index in [0.717, 1.165) is 39.9 Å². The van der Waals surface area contributed by atoms with Gasteiger partial charge in [-0.2, -0.15) is 13.2 Å². The predicted octanol–water partition coefficient (Wildman–Crippen LogP) is 4.75. The third kappa shape index (κ3) is 9.34. The van der Waals surface area contributed by atoms with E-state index in [-0.39, 0.29) is 49.4 Å². The van der Waals surface area contributed by atoms with Crippen molar-refractivity contribution in [3.05, 3.63) is 65.2 Å². The lowest BCUT2D eigenvalue weighted by Gasteiger charge is -2.30. The lowest BCUT2D eigenvalue weighted by molar-refractivity contribution is -0.140. The van der Waals surface area contributed by atoms with Gasteiger partial charge in [0.2, 0.25) is 21.8 Å². The summed E-state index contributed by atoms with van der Waals surface area (Å²) in [5.74, 6) is -0.442. The van der Waals surface area contributed by atoms with E-state index in [9.17, 15) is 31.2 Å². The summed E-state index contributed by atoms with van der Waals surface area (Å²) in [4.78, 5) is 27.5. The van der Waals surface area contributed by atoms with Crippen LogP contribution in [0.25, 0.3) is 0 Å². The molecule has 210 valence electrons. The molecule has 2 rings (SSSR count). The van der Waals surface area contributed by atoms with Gasteiger partial charge in [-0.1, -0.05) is 49.7 Å². The molecule has 38 heavy (non-hydrogen) atoms. The Hall–Kier alpha value is -3.08. The van der Waals surface area contributed by atoms with Crippen LogP contribution in [0.2, 0.25) is 0 Å². The van der Waals surface area contributed by atoms with Crippen molar-refractivity contribution in [2.45, 2.75) is 59.3 Å². The molecule has 0 aliphatic carbocycles. The fourth-order valence-corrected chi connectivity index (χ4v) is 4.84. The van der Waals surface area contributed by atoms with Crippen LogP contribution >= 0.6 is 0 Å². The van der Waals surface area contributed by atoms with Crippen molar-refractivity contribution in [1.29, 1.82) is 0 Å². The molecule has 0 aromatic heterocycles. The summed E-state index contributed by atoms with van der Waals surface area (Å²) >= 11 is 0. The maximum absolute atomic E-state index is 13.3. The number of rotatable bonds is 12. The van der Waals surface area contributed by atoms with Crippen LogP contribution in [0.4, 0.5) is 18.9 Å². The van der Waals surface area contributed by atoms with Crippen LogP contribution in [0.5, 0.6) is 0 Å². The standard InChI is InChI=1S/C27H36F3N3O4S/c1-19(2)17-31-26(35)21(4)32(18-22-10-6-9-20(3)15-22)25(34)13-8-14-33(38(5,36)37)24-12-7-11-23(16-24)27(28,29)30/h6-7,9-12,15-16,19,21H,8,13-14,17-18H2,1-5H3,(H,31,35)/t21-/m0/s1. The molecule has 7 nitrogen and oxygen atoms in total. The Morgan fingerprint density at radius 3 is 2.26 bits per heavy atom. The summed E-state index contributed by atoms with van der Waals surface area (Å²) < 4.78 is 65.2. The number of carbonyl (C=O) groups is 2. The first-order valence-corrected chi connectivity index (χ1v) is 14.2.